The predicted octanol–water partition coefficient (Wildman–Crippen LogP) is 2.77. The van der Waals surface area contributed by atoms with Crippen molar-refractivity contribution in [2.24, 2.45) is 5.92 Å². The summed E-state index contributed by atoms with van der Waals surface area (Å²) in [5, 5.41) is 0. The number of furan rings is 1. The lowest BCUT2D eigenvalue weighted by Gasteiger charge is -2.38. The minimum atomic E-state index is 0.305. The summed E-state index contributed by atoms with van der Waals surface area (Å²) in [6.45, 7) is 9.77. The lowest BCUT2D eigenvalue weighted by Crippen LogP contribution is -2.50. The predicted molar refractivity (Wildman–Crippen MR) is 81.1 cm³/mol. The van der Waals surface area contributed by atoms with Crippen LogP contribution >= 0.6 is 0 Å². The highest BCUT2D eigenvalue weighted by atomic mass is 16.5. The molecule has 1 aromatic rings. The van der Waals surface area contributed by atoms with Gasteiger partial charge in [-0.05, 0) is 31.9 Å². The van der Waals surface area contributed by atoms with Gasteiger partial charge < -0.3 is 13.9 Å². The molecule has 1 saturated carbocycles. The first kappa shape index (κ1) is 14.8. The van der Waals surface area contributed by atoms with Crippen molar-refractivity contribution < 1.29 is 13.9 Å². The standard InChI is InChI=1S/C17H25NO3/c1-3-9-19-12-14-5-7-16-17(14)20-10-8-18(16)11-15-6-4-13(2)21-15/h3-4,6,14,16-17H,1,5,7-12H2,2H3/t14-,16+,17+/m0/s1. The van der Waals surface area contributed by atoms with Crippen LogP contribution in [0.15, 0.2) is 29.2 Å². The molecule has 4 nitrogen and oxygen atoms in total. The van der Waals surface area contributed by atoms with Gasteiger partial charge in [0.25, 0.3) is 0 Å². The molecule has 3 atom stereocenters. The number of nitrogens with zero attached hydrogens (tertiary/aromatic N) is 1. The van der Waals surface area contributed by atoms with E-state index in [1.807, 2.05) is 13.0 Å². The molecule has 1 saturated heterocycles. The number of fused-ring (bicyclic) bond motifs is 1. The zero-order valence-electron chi connectivity index (χ0n) is 12.8. The van der Waals surface area contributed by atoms with Gasteiger partial charge >= 0.3 is 0 Å². The first-order chi connectivity index (χ1) is 10.3. The molecule has 2 aliphatic rings. The number of ether oxygens (including phenoxy) is 2. The maximum atomic E-state index is 6.04. The summed E-state index contributed by atoms with van der Waals surface area (Å²) in [6.07, 6.45) is 4.48. The largest absolute Gasteiger partial charge is 0.465 e. The molecule has 1 aliphatic heterocycles. The van der Waals surface area contributed by atoms with E-state index in [0.717, 1.165) is 37.8 Å². The maximum Gasteiger partial charge on any atom is 0.118 e. The minimum absolute atomic E-state index is 0.305. The Kier molecular flexibility index (Phi) is 4.78. The molecule has 2 heterocycles. The highest BCUT2D eigenvalue weighted by molar-refractivity contribution is 5.06. The van der Waals surface area contributed by atoms with E-state index in [1.165, 1.54) is 12.8 Å². The van der Waals surface area contributed by atoms with Crippen molar-refractivity contribution in [1.82, 2.24) is 4.90 Å². The monoisotopic (exact) mass is 291 g/mol. The molecule has 1 aliphatic carbocycles. The van der Waals surface area contributed by atoms with Crippen LogP contribution in [0.3, 0.4) is 0 Å². The molecule has 3 rings (SSSR count). The SMILES string of the molecule is C=CCOC[C@@H]1CC[C@@H]2[C@@H]1OCCN2Cc1ccc(C)o1. The van der Waals surface area contributed by atoms with Gasteiger partial charge in [-0.15, -0.1) is 6.58 Å². The summed E-state index contributed by atoms with van der Waals surface area (Å²) in [4.78, 5) is 2.51. The molecule has 1 aromatic heterocycles. The summed E-state index contributed by atoms with van der Waals surface area (Å²) in [5.41, 5.74) is 0. The molecule has 0 spiro atoms. The molecule has 0 N–H and O–H groups in total. The summed E-state index contributed by atoms with van der Waals surface area (Å²) in [5.74, 6) is 2.55. The first-order valence-corrected chi connectivity index (χ1v) is 7.87. The van der Waals surface area contributed by atoms with Crippen LogP contribution in [-0.4, -0.2) is 43.4 Å². The Bertz CT molecular complexity index is 470. The van der Waals surface area contributed by atoms with Crippen LogP contribution in [0.2, 0.25) is 0 Å². The minimum Gasteiger partial charge on any atom is -0.465 e. The number of aryl methyl sites for hydroxylation is 1. The Morgan fingerprint density at radius 3 is 3.10 bits per heavy atom. The third kappa shape index (κ3) is 3.39. The van der Waals surface area contributed by atoms with Crippen LogP contribution in [-0.2, 0) is 16.0 Å². The van der Waals surface area contributed by atoms with Crippen molar-refractivity contribution in [1.29, 1.82) is 0 Å². The lowest BCUT2D eigenvalue weighted by atomic mass is 10.0. The summed E-state index contributed by atoms with van der Waals surface area (Å²) >= 11 is 0. The summed E-state index contributed by atoms with van der Waals surface area (Å²) in [6, 6.07) is 4.62. The smallest absolute Gasteiger partial charge is 0.118 e. The Morgan fingerprint density at radius 1 is 1.43 bits per heavy atom. The number of hydrogen-bond donors (Lipinski definition) is 0. The molecule has 21 heavy (non-hydrogen) atoms. The fourth-order valence-electron chi connectivity index (χ4n) is 3.58. The zero-order valence-corrected chi connectivity index (χ0v) is 12.8. The van der Waals surface area contributed by atoms with Gasteiger partial charge in [0.15, 0.2) is 0 Å². The van der Waals surface area contributed by atoms with Crippen LogP contribution < -0.4 is 0 Å². The third-order valence-electron chi connectivity index (χ3n) is 4.56. The second-order valence-corrected chi connectivity index (χ2v) is 6.05. The van der Waals surface area contributed by atoms with Crippen LogP contribution in [0, 0.1) is 12.8 Å². The van der Waals surface area contributed by atoms with Gasteiger partial charge in [-0.3, -0.25) is 4.90 Å². The lowest BCUT2D eigenvalue weighted by molar-refractivity contribution is -0.0882. The fraction of sp³-hybridized carbons (Fsp3) is 0.647. The van der Waals surface area contributed by atoms with Gasteiger partial charge in [0.1, 0.15) is 11.5 Å². The molecular formula is C17H25NO3. The van der Waals surface area contributed by atoms with Crippen LogP contribution in [0.1, 0.15) is 24.4 Å². The molecule has 116 valence electrons. The topological polar surface area (TPSA) is 34.8 Å². The van der Waals surface area contributed by atoms with E-state index in [4.69, 9.17) is 13.9 Å². The average Bonchev–Trinajstić information content (AvgIpc) is 3.07. The second-order valence-electron chi connectivity index (χ2n) is 6.05. The average molecular weight is 291 g/mol. The van der Waals surface area contributed by atoms with Crippen molar-refractivity contribution in [3.8, 4) is 0 Å². The number of rotatable bonds is 6. The van der Waals surface area contributed by atoms with Crippen molar-refractivity contribution >= 4 is 0 Å². The van der Waals surface area contributed by atoms with E-state index in [1.54, 1.807) is 6.08 Å². The Hall–Kier alpha value is -1.10. The normalized spacial score (nSPS) is 29.5. The van der Waals surface area contributed by atoms with Crippen molar-refractivity contribution in [2.45, 2.75) is 38.5 Å². The van der Waals surface area contributed by atoms with E-state index in [9.17, 15) is 0 Å². The molecule has 0 amide bonds. The molecule has 0 bridgehead atoms. The maximum absolute atomic E-state index is 6.04. The molecule has 2 fully saturated rings. The van der Waals surface area contributed by atoms with Crippen molar-refractivity contribution in [3.05, 3.63) is 36.3 Å². The van der Waals surface area contributed by atoms with Crippen LogP contribution in [0.4, 0.5) is 0 Å². The van der Waals surface area contributed by atoms with E-state index in [0.29, 0.717) is 24.7 Å². The van der Waals surface area contributed by atoms with Gasteiger partial charge in [-0.1, -0.05) is 6.08 Å². The van der Waals surface area contributed by atoms with Crippen molar-refractivity contribution in [3.63, 3.8) is 0 Å². The highest BCUT2D eigenvalue weighted by Gasteiger charge is 2.42. The molecule has 0 radical (unpaired) electrons. The number of morpholine rings is 1. The van der Waals surface area contributed by atoms with Crippen LogP contribution in [0.25, 0.3) is 0 Å². The first-order valence-electron chi connectivity index (χ1n) is 7.87. The fourth-order valence-corrected chi connectivity index (χ4v) is 3.58. The van der Waals surface area contributed by atoms with Crippen LogP contribution in [0.5, 0.6) is 0 Å². The van der Waals surface area contributed by atoms with E-state index in [2.05, 4.69) is 17.5 Å². The molecule has 0 aromatic carbocycles. The quantitative estimate of drug-likeness (QED) is 0.596. The van der Waals surface area contributed by atoms with Gasteiger partial charge in [-0.2, -0.15) is 0 Å². The van der Waals surface area contributed by atoms with Gasteiger partial charge in [0.2, 0.25) is 0 Å². The Labute approximate surface area is 126 Å². The summed E-state index contributed by atoms with van der Waals surface area (Å²) < 4.78 is 17.4. The third-order valence-corrected chi connectivity index (χ3v) is 4.56. The van der Waals surface area contributed by atoms with Gasteiger partial charge in [0.05, 0.1) is 32.5 Å². The van der Waals surface area contributed by atoms with Crippen molar-refractivity contribution in [2.75, 3.05) is 26.4 Å². The van der Waals surface area contributed by atoms with Gasteiger partial charge in [-0.25, -0.2) is 0 Å². The van der Waals surface area contributed by atoms with E-state index in [-0.39, 0.29) is 0 Å². The van der Waals surface area contributed by atoms with E-state index >= 15 is 0 Å². The Morgan fingerprint density at radius 2 is 2.33 bits per heavy atom. The zero-order chi connectivity index (χ0) is 14.7. The highest BCUT2D eigenvalue weighted by Crippen LogP contribution is 2.35. The number of hydrogen-bond acceptors (Lipinski definition) is 4. The molecule has 0 unspecified atom stereocenters. The van der Waals surface area contributed by atoms with Gasteiger partial charge in [0, 0.05) is 18.5 Å². The molecular weight excluding hydrogens is 266 g/mol. The van der Waals surface area contributed by atoms with E-state index < -0.39 is 0 Å². The Balaban J connectivity index is 1.59. The molecule has 4 heteroatoms. The second kappa shape index (κ2) is 6.77. The summed E-state index contributed by atoms with van der Waals surface area (Å²) in [7, 11) is 0.